The molecular weight excluding hydrogens is 182 g/mol. The first kappa shape index (κ1) is 9.27. The molecule has 0 N–H and O–H groups in total. The number of ether oxygens (including phenoxy) is 1. The molecule has 0 spiro atoms. The largest absolute Gasteiger partial charge is 0.459 e. The van der Waals surface area contributed by atoms with Gasteiger partial charge in [0.1, 0.15) is 0 Å². The summed E-state index contributed by atoms with van der Waals surface area (Å²) in [5.41, 5.74) is 0. The third-order valence-corrected chi connectivity index (χ3v) is 2.36. The van der Waals surface area contributed by atoms with E-state index in [9.17, 15) is 4.79 Å². The Morgan fingerprint density at radius 1 is 1.64 bits per heavy atom. The van der Waals surface area contributed by atoms with E-state index in [0.29, 0.717) is 25.5 Å². The fourth-order valence-corrected chi connectivity index (χ4v) is 1.57. The molecule has 1 saturated heterocycles. The summed E-state index contributed by atoms with van der Waals surface area (Å²) in [6.07, 6.45) is 1.51. The highest BCUT2D eigenvalue weighted by Gasteiger charge is 2.25. The van der Waals surface area contributed by atoms with Crippen molar-refractivity contribution >= 4 is 5.91 Å². The van der Waals surface area contributed by atoms with Crippen LogP contribution < -0.4 is 0 Å². The number of hydrogen-bond acceptors (Lipinski definition) is 3. The lowest BCUT2D eigenvalue weighted by molar-refractivity contribution is 0.00197. The van der Waals surface area contributed by atoms with Crippen molar-refractivity contribution < 1.29 is 13.9 Å². The maximum absolute atomic E-state index is 11.8. The van der Waals surface area contributed by atoms with Crippen molar-refractivity contribution in [1.82, 2.24) is 4.90 Å². The van der Waals surface area contributed by atoms with Gasteiger partial charge in [0.2, 0.25) is 0 Å². The number of carbonyl (C=O) groups is 1. The molecule has 2 heterocycles. The Labute approximate surface area is 82.4 Å². The van der Waals surface area contributed by atoms with E-state index in [1.807, 2.05) is 6.92 Å². The minimum atomic E-state index is -0.0502. The average molecular weight is 195 g/mol. The molecule has 2 rings (SSSR count). The molecule has 76 valence electrons. The number of morpholine rings is 1. The van der Waals surface area contributed by atoms with E-state index in [1.165, 1.54) is 6.26 Å². The van der Waals surface area contributed by atoms with Crippen LogP contribution in [0.4, 0.5) is 0 Å². The quantitative estimate of drug-likeness (QED) is 0.674. The summed E-state index contributed by atoms with van der Waals surface area (Å²) in [6, 6.07) is 3.53. The summed E-state index contributed by atoms with van der Waals surface area (Å²) in [5, 5.41) is 0. The Morgan fingerprint density at radius 2 is 2.50 bits per heavy atom. The fraction of sp³-hybridized carbons (Fsp3) is 0.500. The number of nitrogens with zero attached hydrogens (tertiary/aromatic N) is 1. The van der Waals surface area contributed by atoms with Gasteiger partial charge in [-0.1, -0.05) is 0 Å². The number of hydrogen-bond donors (Lipinski definition) is 0. The normalized spacial score (nSPS) is 22.4. The molecule has 0 aliphatic carbocycles. The number of amides is 1. The number of carbonyl (C=O) groups excluding carboxylic acids is 1. The molecule has 0 saturated carbocycles. The Kier molecular flexibility index (Phi) is 2.54. The van der Waals surface area contributed by atoms with Crippen LogP contribution in [0.3, 0.4) is 0 Å². The Bertz CT molecular complexity index is 307. The summed E-state index contributed by atoms with van der Waals surface area (Å²) >= 11 is 0. The maximum atomic E-state index is 11.8. The van der Waals surface area contributed by atoms with Crippen LogP contribution in [0.15, 0.2) is 22.8 Å². The lowest BCUT2D eigenvalue weighted by atomic mass is 10.2. The third-order valence-electron chi connectivity index (χ3n) is 2.36. The second kappa shape index (κ2) is 3.84. The van der Waals surface area contributed by atoms with Crippen LogP contribution >= 0.6 is 0 Å². The molecule has 4 nitrogen and oxygen atoms in total. The van der Waals surface area contributed by atoms with Gasteiger partial charge in [0.25, 0.3) is 5.91 Å². The molecule has 1 unspecified atom stereocenters. The lowest BCUT2D eigenvalue weighted by Crippen LogP contribution is -2.46. The van der Waals surface area contributed by atoms with E-state index in [0.717, 1.165) is 0 Å². The summed E-state index contributed by atoms with van der Waals surface area (Å²) in [4.78, 5) is 13.6. The average Bonchev–Trinajstić information content (AvgIpc) is 2.70. The van der Waals surface area contributed by atoms with Crippen LogP contribution in [0, 0.1) is 0 Å². The number of furan rings is 1. The zero-order chi connectivity index (χ0) is 9.97. The second-order valence-corrected chi connectivity index (χ2v) is 3.40. The highest BCUT2D eigenvalue weighted by atomic mass is 16.5. The lowest BCUT2D eigenvalue weighted by Gasteiger charge is -2.32. The highest BCUT2D eigenvalue weighted by molar-refractivity contribution is 5.91. The predicted octanol–water partition coefficient (Wildman–Crippen LogP) is 1.14. The van der Waals surface area contributed by atoms with Gasteiger partial charge in [0, 0.05) is 6.54 Å². The van der Waals surface area contributed by atoms with Crippen LogP contribution in [0.2, 0.25) is 0 Å². The van der Waals surface area contributed by atoms with Crippen molar-refractivity contribution in [3.8, 4) is 0 Å². The molecule has 0 bridgehead atoms. The molecule has 1 amide bonds. The van der Waals surface area contributed by atoms with Crippen molar-refractivity contribution in [2.45, 2.75) is 13.0 Å². The molecule has 4 heteroatoms. The molecule has 1 atom stereocenters. The van der Waals surface area contributed by atoms with Crippen LogP contribution in [-0.4, -0.2) is 36.6 Å². The van der Waals surface area contributed by atoms with Crippen molar-refractivity contribution in [1.29, 1.82) is 0 Å². The van der Waals surface area contributed by atoms with Crippen LogP contribution in [0.1, 0.15) is 17.5 Å². The SMILES string of the molecule is CC1COCCN1C(=O)c1ccco1. The zero-order valence-corrected chi connectivity index (χ0v) is 8.10. The van der Waals surface area contributed by atoms with Crippen molar-refractivity contribution in [2.24, 2.45) is 0 Å². The molecule has 1 aromatic heterocycles. The molecule has 0 radical (unpaired) electrons. The van der Waals surface area contributed by atoms with E-state index in [1.54, 1.807) is 17.0 Å². The topological polar surface area (TPSA) is 42.7 Å². The molecule has 1 aromatic rings. The highest BCUT2D eigenvalue weighted by Crippen LogP contribution is 2.12. The van der Waals surface area contributed by atoms with E-state index >= 15 is 0 Å². The summed E-state index contributed by atoms with van der Waals surface area (Å²) in [5.74, 6) is 0.351. The Morgan fingerprint density at radius 3 is 3.14 bits per heavy atom. The van der Waals surface area contributed by atoms with Gasteiger partial charge in [0.05, 0.1) is 25.5 Å². The molecule has 1 aliphatic rings. The van der Waals surface area contributed by atoms with Gasteiger partial charge in [-0.2, -0.15) is 0 Å². The molecule has 1 aliphatic heterocycles. The molecular formula is C10H13NO3. The number of rotatable bonds is 1. The van der Waals surface area contributed by atoms with Crippen molar-refractivity contribution in [3.05, 3.63) is 24.2 Å². The van der Waals surface area contributed by atoms with Gasteiger partial charge in [-0.25, -0.2) is 0 Å². The van der Waals surface area contributed by atoms with Crippen LogP contribution in [0.5, 0.6) is 0 Å². The van der Waals surface area contributed by atoms with Gasteiger partial charge >= 0.3 is 0 Å². The van der Waals surface area contributed by atoms with Gasteiger partial charge < -0.3 is 14.1 Å². The van der Waals surface area contributed by atoms with E-state index in [4.69, 9.17) is 9.15 Å². The van der Waals surface area contributed by atoms with Gasteiger partial charge in [-0.3, -0.25) is 4.79 Å². The summed E-state index contributed by atoms with van der Waals surface area (Å²) in [6.45, 7) is 3.82. The summed E-state index contributed by atoms with van der Waals surface area (Å²) < 4.78 is 10.3. The van der Waals surface area contributed by atoms with E-state index < -0.39 is 0 Å². The van der Waals surface area contributed by atoms with Gasteiger partial charge in [0.15, 0.2) is 5.76 Å². The molecule has 14 heavy (non-hydrogen) atoms. The van der Waals surface area contributed by atoms with Gasteiger partial charge in [-0.15, -0.1) is 0 Å². The Hall–Kier alpha value is -1.29. The van der Waals surface area contributed by atoms with E-state index in [2.05, 4.69) is 0 Å². The van der Waals surface area contributed by atoms with E-state index in [-0.39, 0.29) is 11.9 Å². The van der Waals surface area contributed by atoms with Crippen LogP contribution in [-0.2, 0) is 4.74 Å². The fourth-order valence-electron chi connectivity index (χ4n) is 1.57. The maximum Gasteiger partial charge on any atom is 0.289 e. The predicted molar refractivity (Wildman–Crippen MR) is 50.0 cm³/mol. The van der Waals surface area contributed by atoms with Gasteiger partial charge in [-0.05, 0) is 19.1 Å². The first-order chi connectivity index (χ1) is 6.79. The zero-order valence-electron chi connectivity index (χ0n) is 8.10. The standard InChI is InChI=1S/C10H13NO3/c1-8-7-13-6-4-11(8)10(12)9-3-2-5-14-9/h2-3,5,8H,4,6-7H2,1H3. The molecule has 1 fully saturated rings. The van der Waals surface area contributed by atoms with Crippen LogP contribution in [0.25, 0.3) is 0 Å². The van der Waals surface area contributed by atoms with Crippen molar-refractivity contribution in [3.63, 3.8) is 0 Å². The monoisotopic (exact) mass is 195 g/mol. The second-order valence-electron chi connectivity index (χ2n) is 3.40. The minimum Gasteiger partial charge on any atom is -0.459 e. The third kappa shape index (κ3) is 1.65. The molecule has 0 aromatic carbocycles. The minimum absolute atomic E-state index is 0.0502. The Balaban J connectivity index is 2.10. The first-order valence-corrected chi connectivity index (χ1v) is 4.71. The summed E-state index contributed by atoms with van der Waals surface area (Å²) in [7, 11) is 0. The first-order valence-electron chi connectivity index (χ1n) is 4.71. The smallest absolute Gasteiger partial charge is 0.289 e. The van der Waals surface area contributed by atoms with Crippen molar-refractivity contribution in [2.75, 3.05) is 19.8 Å².